The van der Waals surface area contributed by atoms with Crippen LogP contribution in [0.1, 0.15) is 6.23 Å². The number of aromatic nitrogens is 4. The van der Waals surface area contributed by atoms with Crippen LogP contribution in [-0.2, 0) is 36.5 Å². The van der Waals surface area contributed by atoms with Gasteiger partial charge in [-0.3, -0.25) is 9.13 Å². The Hall–Kier alpha value is -1.32. The Labute approximate surface area is 172 Å². The molecule has 2 unspecified atom stereocenters. The van der Waals surface area contributed by atoms with Gasteiger partial charge in [0.1, 0.15) is 36.5 Å². The first-order valence-electron chi connectivity index (χ1n) is 8.30. The first kappa shape index (κ1) is 22.9. The molecule has 20 heteroatoms. The lowest BCUT2D eigenvalue weighted by Gasteiger charge is -2.23. The van der Waals surface area contributed by atoms with Crippen molar-refractivity contribution >= 4 is 40.2 Å². The number of hydrogen-bond donors (Lipinski definition) is 5. The van der Waals surface area contributed by atoms with E-state index in [0.29, 0.717) is 11.2 Å². The number of ether oxygens (including phenoxy) is 3. The number of imidazole rings is 1. The number of rotatable bonds is 8. The second-order valence-corrected chi connectivity index (χ2v) is 11.2. The van der Waals surface area contributed by atoms with E-state index in [9.17, 15) is 23.5 Å². The molecule has 0 spiro atoms. The zero-order chi connectivity index (χ0) is 22.6. The van der Waals surface area contributed by atoms with Crippen LogP contribution >= 0.6 is 23.2 Å². The maximum absolute atomic E-state index is 12.0. The highest BCUT2D eigenvalue weighted by Crippen LogP contribution is 2.66. The normalized spacial score (nSPS) is 29.8. The predicted octanol–water partition coefficient (Wildman–Crippen LogP) is -0.541. The van der Waals surface area contributed by atoms with Gasteiger partial charge >= 0.3 is 23.2 Å². The molecule has 6 atom stereocenters. The first-order valence-corrected chi connectivity index (χ1v) is 13.1. The van der Waals surface area contributed by atoms with Gasteiger partial charge in [0.15, 0.2) is 17.7 Å². The van der Waals surface area contributed by atoms with Gasteiger partial charge in [0.05, 0.1) is 12.9 Å². The number of nitrogen functional groups attached to an aromatic ring is 1. The number of anilines is 1. The quantitative estimate of drug-likeness (QED) is 0.284. The van der Waals surface area contributed by atoms with Crippen LogP contribution in [0.3, 0.4) is 0 Å². The van der Waals surface area contributed by atoms with Crippen LogP contribution in [0.2, 0.25) is 0 Å². The van der Waals surface area contributed by atoms with Crippen LogP contribution in [0.5, 0.6) is 0 Å². The van der Waals surface area contributed by atoms with E-state index >= 15 is 0 Å². The molecule has 2 aliphatic rings. The maximum Gasteiger partial charge on any atom is 0.488 e. The minimum Gasteiger partial charge on any atom is -0.382 e. The molecule has 0 amide bonds. The fourth-order valence-electron chi connectivity index (χ4n) is 3.22. The van der Waals surface area contributed by atoms with Crippen LogP contribution in [0.4, 0.5) is 5.82 Å². The Morgan fingerprint density at radius 2 is 1.90 bits per heavy atom. The van der Waals surface area contributed by atoms with Crippen molar-refractivity contribution in [1.82, 2.24) is 19.5 Å². The lowest BCUT2D eigenvalue weighted by atomic mass is 10.2. The van der Waals surface area contributed by atoms with Crippen LogP contribution in [0, 0.1) is 0 Å². The zero-order valence-corrected chi connectivity index (χ0v) is 17.8. The van der Waals surface area contributed by atoms with Crippen molar-refractivity contribution in [3.05, 3.63) is 12.7 Å². The standard InChI is InChI=1S/C11H16N5O12P3/c12-9-6-10(14-2-13-9)16(3-15-6)11-8-7(5(26-11)1-24-8)25-4-29(17,18)27-31(22,23)28-30(19,20)21/h2-3,5,7-8,11H,1,4H2,(H,17,18)(H,22,23)(H2,12,13,14)(H2,19,20,21)/t5-,7+,8+,11+/m0/s1. The molecule has 4 heterocycles. The average molecular weight is 503 g/mol. The van der Waals surface area contributed by atoms with Crippen LogP contribution in [0.15, 0.2) is 12.7 Å². The predicted molar refractivity (Wildman–Crippen MR) is 97.0 cm³/mol. The molecule has 31 heavy (non-hydrogen) atoms. The lowest BCUT2D eigenvalue weighted by Crippen LogP contribution is -2.29. The number of nitrogens with zero attached hydrogens (tertiary/aromatic N) is 4. The van der Waals surface area contributed by atoms with Crippen molar-refractivity contribution in [3.63, 3.8) is 0 Å². The highest BCUT2D eigenvalue weighted by molar-refractivity contribution is 7.68. The molecule has 2 saturated heterocycles. The fraction of sp³-hybridized carbons (Fsp3) is 0.545. The molecule has 6 N–H and O–H groups in total. The fourth-order valence-corrected chi connectivity index (χ4v) is 6.52. The number of fused-ring (bicyclic) bond motifs is 3. The summed E-state index contributed by atoms with van der Waals surface area (Å²) in [7, 11) is -16.0. The molecular formula is C11H16N5O12P3. The van der Waals surface area contributed by atoms with Gasteiger partial charge in [0, 0.05) is 0 Å². The molecule has 2 aromatic rings. The second-order valence-electron chi connectivity index (χ2n) is 6.47. The van der Waals surface area contributed by atoms with Gasteiger partial charge in [-0.1, -0.05) is 0 Å². The molecule has 0 aliphatic carbocycles. The minimum absolute atomic E-state index is 0.103. The summed E-state index contributed by atoms with van der Waals surface area (Å²) in [6.07, 6.45) is -1.56. The SMILES string of the molecule is Nc1ncnc2c1ncn2[C@@H]1O[C@H]2CO[C@@H]1[C@@H]2OCP(=O)(O)OP(=O)(O)OP(=O)(O)O. The van der Waals surface area contributed by atoms with Crippen LogP contribution in [-0.4, -0.2) is 70.4 Å². The van der Waals surface area contributed by atoms with Crippen LogP contribution in [0.25, 0.3) is 11.2 Å². The van der Waals surface area contributed by atoms with Gasteiger partial charge in [0.25, 0.3) is 0 Å². The minimum atomic E-state index is -5.55. The van der Waals surface area contributed by atoms with E-state index in [1.54, 1.807) is 0 Å². The van der Waals surface area contributed by atoms with E-state index in [1.165, 1.54) is 17.2 Å². The van der Waals surface area contributed by atoms with Crippen molar-refractivity contribution in [2.24, 2.45) is 0 Å². The smallest absolute Gasteiger partial charge is 0.382 e. The lowest BCUT2D eigenvalue weighted by molar-refractivity contribution is -0.125. The Morgan fingerprint density at radius 1 is 1.16 bits per heavy atom. The summed E-state index contributed by atoms with van der Waals surface area (Å²) in [5.74, 6) is 0.157. The molecule has 2 aromatic heterocycles. The molecule has 172 valence electrons. The van der Waals surface area contributed by atoms with Gasteiger partial charge in [-0.2, -0.15) is 4.31 Å². The largest absolute Gasteiger partial charge is 0.488 e. The second kappa shape index (κ2) is 7.92. The van der Waals surface area contributed by atoms with E-state index in [2.05, 4.69) is 23.6 Å². The van der Waals surface area contributed by atoms with Gasteiger partial charge in [-0.25, -0.2) is 28.4 Å². The third-order valence-electron chi connectivity index (χ3n) is 4.27. The summed E-state index contributed by atoms with van der Waals surface area (Å²) >= 11 is 0. The Morgan fingerprint density at radius 3 is 2.61 bits per heavy atom. The summed E-state index contributed by atoms with van der Waals surface area (Å²) in [6, 6.07) is 0. The number of hydrogen-bond acceptors (Lipinski definition) is 12. The summed E-state index contributed by atoms with van der Waals surface area (Å²) in [5.41, 5.74) is 6.45. The topological polar surface area (TPSA) is 248 Å². The van der Waals surface area contributed by atoms with Gasteiger partial charge in [-0.05, 0) is 0 Å². The van der Waals surface area contributed by atoms with E-state index < -0.39 is 54.1 Å². The molecule has 17 nitrogen and oxygen atoms in total. The van der Waals surface area contributed by atoms with E-state index in [1.807, 2.05) is 0 Å². The molecular weight excluding hydrogens is 487 g/mol. The Bertz CT molecular complexity index is 1140. The number of nitrogens with two attached hydrogens (primary N) is 1. The Kier molecular flexibility index (Phi) is 5.84. The van der Waals surface area contributed by atoms with Gasteiger partial charge in [0.2, 0.25) is 0 Å². The molecule has 4 rings (SSSR count). The first-order chi connectivity index (χ1) is 14.4. The third kappa shape index (κ3) is 4.88. The van der Waals surface area contributed by atoms with Gasteiger partial charge < -0.3 is 39.5 Å². The average Bonchev–Trinajstić information content (AvgIpc) is 3.29. The maximum atomic E-state index is 12.0. The van der Waals surface area contributed by atoms with Crippen molar-refractivity contribution in [2.45, 2.75) is 24.5 Å². The van der Waals surface area contributed by atoms with Crippen molar-refractivity contribution in [1.29, 1.82) is 0 Å². The summed E-state index contributed by atoms with van der Waals surface area (Å²) < 4.78 is 59.9. The highest BCUT2D eigenvalue weighted by Gasteiger charge is 2.54. The van der Waals surface area contributed by atoms with E-state index in [4.69, 9.17) is 29.7 Å². The van der Waals surface area contributed by atoms with Crippen molar-refractivity contribution < 1.29 is 56.1 Å². The van der Waals surface area contributed by atoms with Crippen molar-refractivity contribution in [2.75, 3.05) is 18.7 Å². The molecule has 2 fully saturated rings. The monoisotopic (exact) mass is 503 g/mol. The van der Waals surface area contributed by atoms with E-state index in [-0.39, 0.29) is 12.4 Å². The van der Waals surface area contributed by atoms with Crippen LogP contribution < -0.4 is 5.73 Å². The Balaban J connectivity index is 1.44. The molecule has 0 radical (unpaired) electrons. The zero-order valence-electron chi connectivity index (χ0n) is 15.1. The molecule has 0 aromatic carbocycles. The third-order valence-corrected chi connectivity index (χ3v) is 8.27. The molecule has 0 saturated carbocycles. The van der Waals surface area contributed by atoms with E-state index in [0.717, 1.165) is 0 Å². The summed E-state index contributed by atoms with van der Waals surface area (Å²) in [5, 5.41) is 0. The molecule has 2 bridgehead atoms. The van der Waals surface area contributed by atoms with Crippen molar-refractivity contribution in [3.8, 4) is 0 Å². The summed E-state index contributed by atoms with van der Waals surface area (Å²) in [6.45, 7) is 0.103. The summed E-state index contributed by atoms with van der Waals surface area (Å²) in [4.78, 5) is 48.1. The van der Waals surface area contributed by atoms with Gasteiger partial charge in [-0.15, -0.1) is 0 Å². The number of phosphoric acid groups is 2. The highest BCUT2D eigenvalue weighted by atomic mass is 31.3. The molecule has 2 aliphatic heterocycles.